The molecule has 7 nitrogen and oxygen atoms in total. The third-order valence-corrected chi connectivity index (χ3v) is 5.30. The predicted molar refractivity (Wildman–Crippen MR) is 105 cm³/mol. The van der Waals surface area contributed by atoms with E-state index in [1.165, 1.54) is 13.5 Å². The van der Waals surface area contributed by atoms with Crippen LogP contribution in [0.4, 0.5) is 0 Å². The molecule has 0 aromatic carbocycles. The fourth-order valence-corrected chi connectivity index (χ4v) is 3.78. The first-order chi connectivity index (χ1) is 12.6. The van der Waals surface area contributed by atoms with Crippen molar-refractivity contribution >= 4 is 39.0 Å². The quantitative estimate of drug-likeness (QED) is 0.452. The zero-order valence-corrected chi connectivity index (χ0v) is 16.0. The molecule has 26 heavy (non-hydrogen) atoms. The van der Waals surface area contributed by atoms with Crippen molar-refractivity contribution < 1.29 is 0 Å². The molecule has 0 bridgehead atoms. The van der Waals surface area contributed by atoms with Gasteiger partial charge < -0.3 is 0 Å². The van der Waals surface area contributed by atoms with Crippen LogP contribution in [0.5, 0.6) is 0 Å². The number of fused-ring (bicyclic) bond motifs is 2. The summed E-state index contributed by atoms with van der Waals surface area (Å²) in [6, 6.07) is 10.7. The predicted octanol–water partition coefficient (Wildman–Crippen LogP) is 2.20. The number of hydrogen-bond donors (Lipinski definition) is 0. The van der Waals surface area contributed by atoms with Gasteiger partial charge in [-0.2, -0.15) is 11.8 Å². The molecule has 0 amide bonds. The molecule has 4 aromatic rings. The second-order valence-electron chi connectivity index (χ2n) is 5.65. The Morgan fingerprint density at radius 2 is 1.96 bits per heavy atom. The zero-order chi connectivity index (χ0) is 18.1. The van der Waals surface area contributed by atoms with E-state index in [-0.39, 0.29) is 11.2 Å². The number of rotatable bonds is 5. The Balaban J connectivity index is 1.44. The first kappa shape index (κ1) is 17.0. The Labute approximate surface area is 160 Å². The average molecular weight is 432 g/mol. The van der Waals surface area contributed by atoms with Gasteiger partial charge in [0.2, 0.25) is 0 Å². The van der Waals surface area contributed by atoms with E-state index in [0.717, 1.165) is 10.2 Å². The molecule has 4 heterocycles. The van der Waals surface area contributed by atoms with Crippen molar-refractivity contribution in [3.05, 3.63) is 79.8 Å². The molecular formula is C17H14BrN5O2S. The largest absolute Gasteiger partial charge is 0.350 e. The summed E-state index contributed by atoms with van der Waals surface area (Å²) in [6.45, 7) is 0.505. The summed E-state index contributed by atoms with van der Waals surface area (Å²) in [5.41, 5.74) is 1.73. The molecule has 0 N–H and O–H groups in total. The number of pyridine rings is 2. The fraction of sp³-hybridized carbons (Fsp3) is 0.176. The topological polar surface area (TPSA) is 73.7 Å². The average Bonchev–Trinajstić information content (AvgIpc) is 2.96. The molecule has 0 aliphatic carbocycles. The normalized spacial score (nSPS) is 11.4. The summed E-state index contributed by atoms with van der Waals surface area (Å²) in [5, 5.41) is 4.30. The second-order valence-corrected chi connectivity index (χ2v) is 7.67. The molecule has 0 radical (unpaired) electrons. The van der Waals surface area contributed by atoms with Gasteiger partial charge in [0.1, 0.15) is 5.65 Å². The van der Waals surface area contributed by atoms with Crippen LogP contribution in [0.2, 0.25) is 0 Å². The standard InChI is InChI=1S/C17H14BrN5O2S/c18-12-4-5-14-19-13(9-16(24)22(14)10-12)11-26-8-7-23-17(25)21-6-2-1-3-15(21)20-23/h1-6,9-10H,7-8,11H2. The van der Waals surface area contributed by atoms with Gasteiger partial charge >= 0.3 is 5.69 Å². The maximum Gasteiger partial charge on any atom is 0.350 e. The molecule has 0 fully saturated rings. The number of aromatic nitrogens is 5. The molecule has 4 aromatic heterocycles. The van der Waals surface area contributed by atoms with Crippen molar-refractivity contribution in [3.8, 4) is 0 Å². The number of halogens is 1. The van der Waals surface area contributed by atoms with Gasteiger partial charge in [-0.05, 0) is 40.2 Å². The van der Waals surface area contributed by atoms with Crippen molar-refractivity contribution in [3.63, 3.8) is 0 Å². The maximum absolute atomic E-state index is 12.2. The smallest absolute Gasteiger partial charge is 0.269 e. The summed E-state index contributed by atoms with van der Waals surface area (Å²) in [4.78, 5) is 28.9. The van der Waals surface area contributed by atoms with Crippen LogP contribution in [-0.2, 0) is 12.3 Å². The minimum Gasteiger partial charge on any atom is -0.269 e. The van der Waals surface area contributed by atoms with E-state index in [2.05, 4.69) is 26.0 Å². The summed E-state index contributed by atoms with van der Waals surface area (Å²) in [6.07, 6.45) is 3.41. The lowest BCUT2D eigenvalue weighted by molar-refractivity contribution is 0.639. The highest BCUT2D eigenvalue weighted by molar-refractivity contribution is 9.10. The van der Waals surface area contributed by atoms with Gasteiger partial charge in [0.05, 0.1) is 12.2 Å². The molecule has 0 spiro atoms. The highest BCUT2D eigenvalue weighted by Gasteiger charge is 2.07. The van der Waals surface area contributed by atoms with E-state index in [1.54, 1.807) is 48.4 Å². The van der Waals surface area contributed by atoms with Crippen LogP contribution >= 0.6 is 27.7 Å². The van der Waals surface area contributed by atoms with Gasteiger partial charge in [0.25, 0.3) is 5.56 Å². The second kappa shape index (κ2) is 7.08. The van der Waals surface area contributed by atoms with E-state index in [4.69, 9.17) is 0 Å². The minimum atomic E-state index is -0.145. The van der Waals surface area contributed by atoms with E-state index >= 15 is 0 Å². The lowest BCUT2D eigenvalue weighted by atomic mass is 10.4. The van der Waals surface area contributed by atoms with Gasteiger partial charge in [-0.1, -0.05) is 6.07 Å². The molecule has 4 rings (SSSR count). The van der Waals surface area contributed by atoms with E-state index in [0.29, 0.717) is 29.3 Å². The first-order valence-electron chi connectivity index (χ1n) is 7.91. The van der Waals surface area contributed by atoms with Crippen molar-refractivity contribution in [1.29, 1.82) is 0 Å². The van der Waals surface area contributed by atoms with E-state index in [9.17, 15) is 9.59 Å². The SMILES string of the molecule is O=c1cc(CSCCn2nc3ccccn3c2=O)nc2ccc(Br)cn12. The minimum absolute atomic E-state index is 0.108. The van der Waals surface area contributed by atoms with Crippen molar-refractivity contribution in [2.45, 2.75) is 12.3 Å². The summed E-state index contributed by atoms with van der Waals surface area (Å²) in [5.74, 6) is 1.30. The van der Waals surface area contributed by atoms with E-state index < -0.39 is 0 Å². The van der Waals surface area contributed by atoms with Gasteiger partial charge in [-0.15, -0.1) is 5.10 Å². The van der Waals surface area contributed by atoms with Crippen LogP contribution in [-0.4, -0.2) is 29.3 Å². The van der Waals surface area contributed by atoms with Gasteiger partial charge in [-0.3, -0.25) is 13.6 Å². The Morgan fingerprint density at radius 3 is 2.81 bits per heavy atom. The Bertz CT molecular complexity index is 1210. The highest BCUT2D eigenvalue weighted by atomic mass is 79.9. The van der Waals surface area contributed by atoms with Crippen LogP contribution in [0.3, 0.4) is 0 Å². The van der Waals surface area contributed by atoms with Crippen LogP contribution in [0, 0.1) is 0 Å². The van der Waals surface area contributed by atoms with Crippen LogP contribution < -0.4 is 11.2 Å². The highest BCUT2D eigenvalue weighted by Crippen LogP contribution is 2.13. The lowest BCUT2D eigenvalue weighted by Gasteiger charge is -2.04. The van der Waals surface area contributed by atoms with Crippen molar-refractivity contribution in [1.82, 2.24) is 23.6 Å². The Hall–Kier alpha value is -2.39. The molecule has 0 atom stereocenters. The monoisotopic (exact) mass is 431 g/mol. The molecule has 0 aliphatic heterocycles. The Morgan fingerprint density at radius 1 is 1.08 bits per heavy atom. The molecule has 0 unspecified atom stereocenters. The molecule has 0 saturated carbocycles. The third-order valence-electron chi connectivity index (χ3n) is 3.86. The molecule has 0 aliphatic rings. The molecule has 0 saturated heterocycles. The van der Waals surface area contributed by atoms with Crippen molar-refractivity contribution in [2.75, 3.05) is 5.75 Å². The number of thioether (sulfide) groups is 1. The number of nitrogens with zero attached hydrogens (tertiary/aromatic N) is 5. The lowest BCUT2D eigenvalue weighted by Crippen LogP contribution is -2.22. The first-order valence-corrected chi connectivity index (χ1v) is 9.86. The van der Waals surface area contributed by atoms with Gasteiger partial charge in [0.15, 0.2) is 5.65 Å². The summed E-state index contributed by atoms with van der Waals surface area (Å²) < 4.78 is 5.32. The van der Waals surface area contributed by atoms with Crippen LogP contribution in [0.1, 0.15) is 5.69 Å². The third kappa shape index (κ3) is 3.32. The van der Waals surface area contributed by atoms with Gasteiger partial charge in [-0.25, -0.2) is 14.5 Å². The maximum atomic E-state index is 12.2. The Kier molecular flexibility index (Phi) is 4.64. The van der Waals surface area contributed by atoms with Crippen LogP contribution in [0.15, 0.2) is 62.9 Å². The fourth-order valence-electron chi connectivity index (χ4n) is 2.64. The van der Waals surface area contributed by atoms with E-state index in [1.807, 2.05) is 12.1 Å². The van der Waals surface area contributed by atoms with Crippen molar-refractivity contribution in [2.24, 2.45) is 0 Å². The molecule has 132 valence electrons. The zero-order valence-electron chi connectivity index (χ0n) is 13.6. The summed E-state index contributed by atoms with van der Waals surface area (Å²) >= 11 is 4.96. The molecule has 9 heteroatoms. The van der Waals surface area contributed by atoms with Gasteiger partial charge in [0, 0.05) is 34.4 Å². The number of hydrogen-bond acceptors (Lipinski definition) is 5. The van der Waals surface area contributed by atoms with Crippen LogP contribution in [0.25, 0.3) is 11.3 Å². The molecular weight excluding hydrogens is 418 g/mol. The number of aryl methyl sites for hydroxylation is 1. The summed E-state index contributed by atoms with van der Waals surface area (Å²) in [7, 11) is 0.